The Morgan fingerprint density at radius 2 is 2.05 bits per heavy atom. The number of thioether (sulfide) groups is 1. The largest absolute Gasteiger partial charge is 0.271 e. The summed E-state index contributed by atoms with van der Waals surface area (Å²) in [5, 5.41) is 11.3. The molecular weight excluding hydrogens is 296 g/mol. The Balaban J connectivity index is 3.28. The van der Waals surface area contributed by atoms with Crippen molar-refractivity contribution in [2.75, 3.05) is 6.26 Å². The fraction of sp³-hybridized carbons (Fsp3) is 0.333. The Bertz CT molecular complexity index is 633. The summed E-state index contributed by atoms with van der Waals surface area (Å²) in [5.74, 6) is 0. The summed E-state index contributed by atoms with van der Waals surface area (Å²) in [6, 6.07) is 6.18. The number of sulfonamides is 1. The zero-order valence-electron chi connectivity index (χ0n) is 11.4. The Hall–Kier alpha value is -1.56. The van der Waals surface area contributed by atoms with Crippen LogP contribution in [0.5, 0.6) is 0 Å². The third-order valence-corrected chi connectivity index (χ3v) is 4.41. The number of aliphatic imine (C=N–C) groups is 1. The molecule has 0 saturated carbocycles. The van der Waals surface area contributed by atoms with E-state index in [1.165, 1.54) is 17.8 Å². The first kappa shape index (κ1) is 16.5. The van der Waals surface area contributed by atoms with E-state index >= 15 is 0 Å². The highest BCUT2D eigenvalue weighted by Gasteiger charge is 2.19. The van der Waals surface area contributed by atoms with E-state index in [4.69, 9.17) is 5.26 Å². The van der Waals surface area contributed by atoms with Gasteiger partial charge in [0, 0.05) is 6.04 Å². The molecule has 0 saturated heterocycles. The van der Waals surface area contributed by atoms with E-state index in [0.717, 1.165) is 0 Å². The van der Waals surface area contributed by atoms with Gasteiger partial charge in [-0.15, -0.1) is 0 Å². The molecule has 0 atom stereocenters. The SMILES string of the molecule is CSC(=Nc1ccccc1S(=O)(=O)NC(C)C)NC#N. The van der Waals surface area contributed by atoms with E-state index < -0.39 is 10.0 Å². The van der Waals surface area contributed by atoms with Crippen LogP contribution in [0.4, 0.5) is 5.69 Å². The van der Waals surface area contributed by atoms with Gasteiger partial charge in [-0.1, -0.05) is 23.9 Å². The minimum Gasteiger partial charge on any atom is -0.271 e. The Morgan fingerprint density at radius 3 is 2.60 bits per heavy atom. The maximum absolute atomic E-state index is 12.2. The molecule has 0 aliphatic heterocycles. The first-order valence-corrected chi connectivity index (χ1v) is 8.50. The minimum absolute atomic E-state index is 0.0833. The summed E-state index contributed by atoms with van der Waals surface area (Å²) < 4.78 is 26.9. The van der Waals surface area contributed by atoms with Crippen molar-refractivity contribution in [3.05, 3.63) is 24.3 Å². The van der Waals surface area contributed by atoms with Crippen LogP contribution in [0.15, 0.2) is 34.2 Å². The van der Waals surface area contributed by atoms with Crippen LogP contribution >= 0.6 is 11.8 Å². The topological polar surface area (TPSA) is 94.3 Å². The number of hydrogen-bond donors (Lipinski definition) is 2. The first-order valence-electron chi connectivity index (χ1n) is 5.80. The molecule has 20 heavy (non-hydrogen) atoms. The molecule has 0 spiro atoms. The van der Waals surface area contributed by atoms with Gasteiger partial charge < -0.3 is 0 Å². The van der Waals surface area contributed by atoms with Gasteiger partial charge in [-0.05, 0) is 32.2 Å². The number of para-hydroxylation sites is 1. The summed E-state index contributed by atoms with van der Waals surface area (Å²) in [6.07, 6.45) is 3.51. The lowest BCUT2D eigenvalue weighted by atomic mass is 10.3. The van der Waals surface area contributed by atoms with Crippen LogP contribution in [0, 0.1) is 11.5 Å². The van der Waals surface area contributed by atoms with Gasteiger partial charge in [-0.25, -0.2) is 18.1 Å². The van der Waals surface area contributed by atoms with Crippen molar-refractivity contribution in [3.8, 4) is 6.19 Å². The van der Waals surface area contributed by atoms with Crippen LogP contribution < -0.4 is 10.0 Å². The van der Waals surface area contributed by atoms with Gasteiger partial charge in [0.2, 0.25) is 10.0 Å². The first-order chi connectivity index (χ1) is 9.40. The lowest BCUT2D eigenvalue weighted by Crippen LogP contribution is -2.30. The summed E-state index contributed by atoms with van der Waals surface area (Å²) in [4.78, 5) is 4.25. The number of nitrogens with zero attached hydrogens (tertiary/aromatic N) is 2. The fourth-order valence-corrected chi connectivity index (χ4v) is 3.16. The van der Waals surface area contributed by atoms with Gasteiger partial charge >= 0.3 is 0 Å². The van der Waals surface area contributed by atoms with Gasteiger partial charge in [0.1, 0.15) is 4.90 Å². The van der Waals surface area contributed by atoms with Crippen molar-refractivity contribution in [2.45, 2.75) is 24.8 Å². The van der Waals surface area contributed by atoms with E-state index in [-0.39, 0.29) is 16.6 Å². The van der Waals surface area contributed by atoms with Crippen LogP contribution in [0.3, 0.4) is 0 Å². The second-order valence-corrected chi connectivity index (χ2v) is 6.58. The van der Waals surface area contributed by atoms with Crippen molar-refractivity contribution in [1.82, 2.24) is 10.0 Å². The van der Waals surface area contributed by atoms with Crippen LogP contribution in [0.1, 0.15) is 13.8 Å². The highest BCUT2D eigenvalue weighted by atomic mass is 32.2. The number of hydrogen-bond acceptors (Lipinski definition) is 5. The molecule has 0 bridgehead atoms. The molecule has 0 aliphatic carbocycles. The van der Waals surface area contributed by atoms with E-state index in [9.17, 15) is 8.42 Å². The molecule has 1 aromatic rings. The third-order valence-electron chi connectivity index (χ3n) is 2.12. The maximum Gasteiger partial charge on any atom is 0.242 e. The molecule has 0 fully saturated rings. The molecule has 8 heteroatoms. The Labute approximate surface area is 123 Å². The standard InChI is InChI=1S/C12H16N4O2S2/c1-9(2)16-20(17,18)11-7-5-4-6-10(11)15-12(19-3)14-8-13/h4-7,9,16H,1-3H3,(H,14,15). The second kappa shape index (κ2) is 7.28. The summed E-state index contributed by atoms with van der Waals surface area (Å²) >= 11 is 1.22. The highest BCUT2D eigenvalue weighted by molar-refractivity contribution is 8.13. The van der Waals surface area contributed by atoms with Crippen LogP contribution in [-0.4, -0.2) is 25.9 Å². The van der Waals surface area contributed by atoms with Gasteiger partial charge in [-0.2, -0.15) is 5.26 Å². The van der Waals surface area contributed by atoms with Crippen molar-refractivity contribution in [3.63, 3.8) is 0 Å². The molecule has 0 unspecified atom stereocenters. The Morgan fingerprint density at radius 1 is 1.40 bits per heavy atom. The fourth-order valence-electron chi connectivity index (χ4n) is 1.43. The van der Waals surface area contributed by atoms with Gasteiger partial charge in [0.15, 0.2) is 11.4 Å². The van der Waals surface area contributed by atoms with E-state index in [1.54, 1.807) is 44.5 Å². The minimum atomic E-state index is -3.64. The van der Waals surface area contributed by atoms with Crippen molar-refractivity contribution in [2.24, 2.45) is 4.99 Å². The summed E-state index contributed by atoms with van der Waals surface area (Å²) in [6.45, 7) is 3.49. The summed E-state index contributed by atoms with van der Waals surface area (Å²) in [7, 11) is -3.64. The molecule has 0 aliphatic rings. The molecule has 0 aromatic heterocycles. The number of nitriles is 1. The Kier molecular flexibility index (Phi) is 6.01. The normalized spacial score (nSPS) is 12.2. The lowest BCUT2D eigenvalue weighted by molar-refractivity contribution is 0.570. The third kappa shape index (κ3) is 4.52. The van der Waals surface area contributed by atoms with Crippen LogP contribution in [-0.2, 0) is 10.0 Å². The predicted molar refractivity (Wildman–Crippen MR) is 81.3 cm³/mol. The molecule has 1 aromatic carbocycles. The predicted octanol–water partition coefficient (Wildman–Crippen LogP) is 1.79. The number of amidine groups is 1. The van der Waals surface area contributed by atoms with Crippen LogP contribution in [0.2, 0.25) is 0 Å². The number of nitrogens with one attached hydrogen (secondary N) is 2. The molecule has 6 nitrogen and oxygen atoms in total. The van der Waals surface area contributed by atoms with Crippen molar-refractivity contribution in [1.29, 1.82) is 5.26 Å². The molecule has 2 N–H and O–H groups in total. The number of rotatable bonds is 4. The highest BCUT2D eigenvalue weighted by Crippen LogP contribution is 2.24. The van der Waals surface area contributed by atoms with Gasteiger partial charge in [-0.3, -0.25) is 5.32 Å². The van der Waals surface area contributed by atoms with Gasteiger partial charge in [0.05, 0.1) is 5.69 Å². The molecule has 0 radical (unpaired) electrons. The van der Waals surface area contributed by atoms with Crippen LogP contribution in [0.25, 0.3) is 0 Å². The lowest BCUT2D eigenvalue weighted by Gasteiger charge is -2.11. The molecule has 0 heterocycles. The molecule has 108 valence electrons. The quantitative estimate of drug-likeness (QED) is 0.382. The molecular formula is C12H16N4O2S2. The van der Waals surface area contributed by atoms with E-state index in [2.05, 4.69) is 15.0 Å². The maximum atomic E-state index is 12.2. The average Bonchev–Trinajstić information content (AvgIpc) is 2.37. The number of benzene rings is 1. The molecule has 0 amide bonds. The van der Waals surface area contributed by atoms with E-state index in [1.807, 2.05) is 0 Å². The van der Waals surface area contributed by atoms with Gasteiger partial charge in [0.25, 0.3) is 0 Å². The summed E-state index contributed by atoms with van der Waals surface area (Å²) in [5.41, 5.74) is 0.285. The molecule has 1 rings (SSSR count). The monoisotopic (exact) mass is 312 g/mol. The average molecular weight is 312 g/mol. The van der Waals surface area contributed by atoms with Crippen molar-refractivity contribution < 1.29 is 8.42 Å². The second-order valence-electron chi connectivity index (χ2n) is 4.10. The zero-order valence-corrected chi connectivity index (χ0v) is 13.0. The zero-order chi connectivity index (χ0) is 15.2. The van der Waals surface area contributed by atoms with E-state index in [0.29, 0.717) is 5.17 Å². The van der Waals surface area contributed by atoms with Crippen molar-refractivity contribution >= 4 is 32.6 Å². The smallest absolute Gasteiger partial charge is 0.242 e.